The van der Waals surface area contributed by atoms with E-state index in [1.807, 2.05) is 12.1 Å². The maximum atomic E-state index is 11.8. The molecule has 4 nitrogen and oxygen atoms in total. The molecule has 2 saturated heterocycles. The minimum absolute atomic E-state index is 0.0340. The van der Waals surface area contributed by atoms with E-state index in [4.69, 9.17) is 9.47 Å². The predicted molar refractivity (Wildman–Crippen MR) is 75.9 cm³/mol. The van der Waals surface area contributed by atoms with Gasteiger partial charge in [0.25, 0.3) is 0 Å². The Labute approximate surface area is 119 Å². The van der Waals surface area contributed by atoms with E-state index in [1.165, 1.54) is 5.56 Å². The topological polar surface area (TPSA) is 38.8 Å². The second-order valence-electron chi connectivity index (χ2n) is 5.72. The fourth-order valence-electron chi connectivity index (χ4n) is 3.39. The first-order valence-corrected chi connectivity index (χ1v) is 7.25. The van der Waals surface area contributed by atoms with Gasteiger partial charge in [0.15, 0.2) is 0 Å². The largest absolute Gasteiger partial charge is 0.497 e. The number of methoxy groups -OCH3 is 1. The molecule has 2 aliphatic heterocycles. The molecule has 20 heavy (non-hydrogen) atoms. The number of cyclic esters (lactones) is 1. The molecule has 0 saturated carbocycles. The van der Waals surface area contributed by atoms with Crippen LogP contribution in [0.15, 0.2) is 24.3 Å². The van der Waals surface area contributed by atoms with E-state index >= 15 is 0 Å². The van der Waals surface area contributed by atoms with Crippen molar-refractivity contribution in [1.82, 2.24) is 4.90 Å². The predicted octanol–water partition coefficient (Wildman–Crippen LogP) is 2.19. The molecule has 3 unspecified atom stereocenters. The van der Waals surface area contributed by atoms with Gasteiger partial charge in [0, 0.05) is 19.0 Å². The number of nitrogens with zero attached hydrogens (tertiary/aromatic N) is 1. The fourth-order valence-corrected chi connectivity index (χ4v) is 3.39. The number of carbonyl (C=O) groups is 1. The molecule has 0 aliphatic carbocycles. The quantitative estimate of drug-likeness (QED) is 0.793. The number of benzene rings is 1. The molecule has 0 spiro atoms. The normalized spacial score (nSPS) is 30.5. The van der Waals surface area contributed by atoms with Crippen LogP contribution in [0.4, 0.5) is 0 Å². The van der Waals surface area contributed by atoms with Gasteiger partial charge in [-0.3, -0.25) is 9.69 Å². The van der Waals surface area contributed by atoms with Crippen molar-refractivity contribution in [2.75, 3.05) is 20.3 Å². The highest BCUT2D eigenvalue weighted by atomic mass is 16.5. The zero-order valence-corrected chi connectivity index (χ0v) is 12.0. The maximum Gasteiger partial charge on any atom is 0.323 e. The van der Waals surface area contributed by atoms with E-state index in [9.17, 15) is 4.79 Å². The molecule has 1 aromatic rings. The minimum Gasteiger partial charge on any atom is -0.497 e. The second kappa shape index (κ2) is 5.44. The lowest BCUT2D eigenvalue weighted by Gasteiger charge is -2.25. The van der Waals surface area contributed by atoms with Crippen LogP contribution in [-0.4, -0.2) is 43.2 Å². The lowest BCUT2D eigenvalue weighted by Crippen LogP contribution is -2.40. The average molecular weight is 275 g/mol. The molecular weight excluding hydrogens is 254 g/mol. The summed E-state index contributed by atoms with van der Waals surface area (Å²) < 4.78 is 10.3. The first kappa shape index (κ1) is 13.4. The van der Waals surface area contributed by atoms with Gasteiger partial charge in [0.05, 0.1) is 13.7 Å². The molecule has 108 valence electrons. The van der Waals surface area contributed by atoms with E-state index in [0.29, 0.717) is 18.6 Å². The van der Waals surface area contributed by atoms with E-state index in [2.05, 4.69) is 24.0 Å². The van der Waals surface area contributed by atoms with Crippen LogP contribution >= 0.6 is 0 Å². The van der Waals surface area contributed by atoms with Crippen LogP contribution in [0.3, 0.4) is 0 Å². The number of rotatable bonds is 3. The summed E-state index contributed by atoms with van der Waals surface area (Å²) in [7, 11) is 1.68. The summed E-state index contributed by atoms with van der Waals surface area (Å²) in [5, 5.41) is 0. The summed E-state index contributed by atoms with van der Waals surface area (Å²) in [6, 6.07) is 8.67. The summed E-state index contributed by atoms with van der Waals surface area (Å²) in [6.45, 7) is 3.71. The van der Waals surface area contributed by atoms with Crippen LogP contribution in [0.1, 0.15) is 31.2 Å². The third-order valence-electron chi connectivity index (χ3n) is 4.52. The molecule has 3 atom stereocenters. The van der Waals surface area contributed by atoms with Gasteiger partial charge >= 0.3 is 5.97 Å². The molecule has 2 heterocycles. The van der Waals surface area contributed by atoms with Crippen molar-refractivity contribution in [2.45, 2.75) is 37.8 Å². The van der Waals surface area contributed by atoms with Crippen LogP contribution in [0.25, 0.3) is 0 Å². The number of hydrogen-bond donors (Lipinski definition) is 0. The molecule has 2 fully saturated rings. The lowest BCUT2D eigenvalue weighted by molar-refractivity contribution is -0.142. The zero-order valence-electron chi connectivity index (χ0n) is 12.0. The standard InChI is InChI=1S/C16H21NO3/c1-11-9-13(12-3-5-14(19-2)6-4-12)10-17(11)15-7-8-20-16(15)18/h3-6,11,13,15H,7-10H2,1-2H3. The van der Waals surface area contributed by atoms with Crippen molar-refractivity contribution in [3.05, 3.63) is 29.8 Å². The second-order valence-corrected chi connectivity index (χ2v) is 5.72. The Morgan fingerprint density at radius 2 is 2.05 bits per heavy atom. The Balaban J connectivity index is 1.72. The van der Waals surface area contributed by atoms with Crippen LogP contribution in [0.5, 0.6) is 5.75 Å². The van der Waals surface area contributed by atoms with Gasteiger partial charge in [0.1, 0.15) is 11.8 Å². The molecular formula is C16H21NO3. The van der Waals surface area contributed by atoms with Gasteiger partial charge in [0.2, 0.25) is 0 Å². The van der Waals surface area contributed by atoms with Crippen LogP contribution < -0.4 is 4.74 Å². The molecule has 3 rings (SSSR count). The molecule has 0 bridgehead atoms. The van der Waals surface area contributed by atoms with E-state index < -0.39 is 0 Å². The van der Waals surface area contributed by atoms with Crippen molar-refractivity contribution < 1.29 is 14.3 Å². The number of esters is 1. The van der Waals surface area contributed by atoms with Crippen molar-refractivity contribution in [1.29, 1.82) is 0 Å². The van der Waals surface area contributed by atoms with Crippen LogP contribution in [0.2, 0.25) is 0 Å². The Hall–Kier alpha value is -1.55. The van der Waals surface area contributed by atoms with Gasteiger partial charge in [-0.2, -0.15) is 0 Å². The van der Waals surface area contributed by atoms with E-state index in [-0.39, 0.29) is 12.0 Å². The maximum absolute atomic E-state index is 11.8. The molecule has 2 aliphatic rings. The SMILES string of the molecule is COc1ccc(C2CC(C)N(C3CCOC3=O)C2)cc1. The smallest absolute Gasteiger partial charge is 0.323 e. The van der Waals surface area contributed by atoms with Crippen molar-refractivity contribution >= 4 is 5.97 Å². The Bertz CT molecular complexity index is 485. The van der Waals surface area contributed by atoms with E-state index in [1.54, 1.807) is 7.11 Å². The Morgan fingerprint density at radius 1 is 1.30 bits per heavy atom. The third-order valence-corrected chi connectivity index (χ3v) is 4.52. The number of likely N-dealkylation sites (tertiary alicyclic amines) is 1. The van der Waals surface area contributed by atoms with Crippen molar-refractivity contribution in [3.63, 3.8) is 0 Å². The van der Waals surface area contributed by atoms with Crippen molar-refractivity contribution in [3.8, 4) is 5.75 Å². The number of ether oxygens (including phenoxy) is 2. The van der Waals surface area contributed by atoms with Gasteiger partial charge in [-0.25, -0.2) is 0 Å². The summed E-state index contributed by atoms with van der Waals surface area (Å²) >= 11 is 0. The Kier molecular flexibility index (Phi) is 3.66. The van der Waals surface area contributed by atoms with E-state index in [0.717, 1.165) is 25.1 Å². The zero-order chi connectivity index (χ0) is 14.1. The highest BCUT2D eigenvalue weighted by Crippen LogP contribution is 2.35. The van der Waals surface area contributed by atoms with Gasteiger partial charge in [-0.15, -0.1) is 0 Å². The fraction of sp³-hybridized carbons (Fsp3) is 0.562. The van der Waals surface area contributed by atoms with Gasteiger partial charge in [-0.1, -0.05) is 12.1 Å². The summed E-state index contributed by atoms with van der Waals surface area (Å²) in [6.07, 6.45) is 1.93. The summed E-state index contributed by atoms with van der Waals surface area (Å²) in [4.78, 5) is 14.1. The molecule has 0 aromatic heterocycles. The number of carbonyl (C=O) groups excluding carboxylic acids is 1. The first-order valence-electron chi connectivity index (χ1n) is 7.25. The van der Waals surface area contributed by atoms with Gasteiger partial charge < -0.3 is 9.47 Å². The average Bonchev–Trinajstić information content (AvgIpc) is 3.05. The monoisotopic (exact) mass is 275 g/mol. The van der Waals surface area contributed by atoms with Crippen LogP contribution in [0, 0.1) is 0 Å². The number of hydrogen-bond acceptors (Lipinski definition) is 4. The highest BCUT2D eigenvalue weighted by molar-refractivity contribution is 5.77. The molecule has 4 heteroatoms. The third kappa shape index (κ3) is 2.40. The molecule has 0 N–H and O–H groups in total. The van der Waals surface area contributed by atoms with Gasteiger partial charge in [-0.05, 0) is 37.0 Å². The first-order chi connectivity index (χ1) is 9.69. The van der Waals surface area contributed by atoms with Crippen LogP contribution in [-0.2, 0) is 9.53 Å². The molecule has 1 aromatic carbocycles. The highest BCUT2D eigenvalue weighted by Gasteiger charge is 2.40. The molecule has 0 amide bonds. The minimum atomic E-state index is -0.0489. The Morgan fingerprint density at radius 3 is 2.65 bits per heavy atom. The summed E-state index contributed by atoms with van der Waals surface area (Å²) in [5.74, 6) is 1.33. The summed E-state index contributed by atoms with van der Waals surface area (Å²) in [5.41, 5.74) is 1.33. The molecule has 0 radical (unpaired) electrons. The lowest BCUT2D eigenvalue weighted by atomic mass is 9.97. The van der Waals surface area contributed by atoms with Crippen molar-refractivity contribution in [2.24, 2.45) is 0 Å².